The molecule has 0 radical (unpaired) electrons. The second kappa shape index (κ2) is 8.92. The number of nitrogens with one attached hydrogen (secondary N) is 1. The summed E-state index contributed by atoms with van der Waals surface area (Å²) < 4.78 is 26.8. The van der Waals surface area contributed by atoms with Crippen LogP contribution < -0.4 is 4.72 Å². The van der Waals surface area contributed by atoms with Gasteiger partial charge in [-0.25, -0.2) is 18.1 Å². The Bertz CT molecular complexity index is 860. The normalized spacial score (nSPS) is 15.8. The molecule has 3 rings (SSSR count). The molecule has 0 spiro atoms. The summed E-state index contributed by atoms with van der Waals surface area (Å²) >= 11 is 1.65. The lowest BCUT2D eigenvalue weighted by Crippen LogP contribution is -2.48. The molecule has 1 aliphatic heterocycles. The molecule has 1 N–H and O–H groups in total. The van der Waals surface area contributed by atoms with E-state index in [4.69, 9.17) is 0 Å². The van der Waals surface area contributed by atoms with Crippen LogP contribution in [-0.4, -0.2) is 61.8 Å². The number of thiazole rings is 1. The predicted octanol–water partition coefficient (Wildman–Crippen LogP) is 1.46. The van der Waals surface area contributed by atoms with Gasteiger partial charge in [0.15, 0.2) is 0 Å². The molecule has 1 aromatic carbocycles. The van der Waals surface area contributed by atoms with Gasteiger partial charge >= 0.3 is 0 Å². The van der Waals surface area contributed by atoms with Gasteiger partial charge < -0.3 is 4.90 Å². The third kappa shape index (κ3) is 5.58. The molecular weight excluding hydrogens is 384 g/mol. The SMILES string of the molecule is Cc1nc(CN2CCN(C(=O)CCNS(=O)(=O)c3ccccc3)CC2)cs1. The summed E-state index contributed by atoms with van der Waals surface area (Å²) in [6.45, 7) is 5.84. The van der Waals surface area contributed by atoms with Crippen molar-refractivity contribution >= 4 is 27.3 Å². The maximum Gasteiger partial charge on any atom is 0.240 e. The van der Waals surface area contributed by atoms with Crippen LogP contribution in [0.3, 0.4) is 0 Å². The fourth-order valence-corrected chi connectivity index (χ4v) is 4.66. The van der Waals surface area contributed by atoms with Crippen molar-refractivity contribution in [1.29, 1.82) is 0 Å². The quantitative estimate of drug-likeness (QED) is 0.750. The first kappa shape index (κ1) is 19.9. The number of aromatic nitrogens is 1. The third-order valence-corrected chi connectivity index (χ3v) is 6.76. The number of nitrogens with zero attached hydrogens (tertiary/aromatic N) is 3. The van der Waals surface area contributed by atoms with Crippen molar-refractivity contribution in [3.63, 3.8) is 0 Å². The number of rotatable bonds is 7. The molecule has 0 bridgehead atoms. The molecule has 7 nitrogen and oxygen atoms in total. The topological polar surface area (TPSA) is 82.6 Å². The number of sulfonamides is 1. The van der Waals surface area contributed by atoms with Crippen molar-refractivity contribution in [1.82, 2.24) is 19.5 Å². The highest BCUT2D eigenvalue weighted by molar-refractivity contribution is 7.89. The first-order valence-corrected chi connectivity index (χ1v) is 11.3. The Labute approximate surface area is 164 Å². The molecule has 1 saturated heterocycles. The van der Waals surface area contributed by atoms with Gasteiger partial charge in [-0.05, 0) is 19.1 Å². The predicted molar refractivity (Wildman–Crippen MR) is 105 cm³/mol. The van der Waals surface area contributed by atoms with E-state index in [-0.39, 0.29) is 23.8 Å². The van der Waals surface area contributed by atoms with E-state index >= 15 is 0 Å². The van der Waals surface area contributed by atoms with Crippen molar-refractivity contribution in [2.45, 2.75) is 24.8 Å². The van der Waals surface area contributed by atoms with Crippen LogP contribution in [0.15, 0.2) is 40.6 Å². The standard InChI is InChI=1S/C18H24N4O3S2/c1-15-20-16(14-26-15)13-21-9-11-22(12-10-21)18(23)7-8-19-27(24,25)17-5-3-2-4-6-17/h2-6,14,19H,7-13H2,1H3. The van der Waals surface area contributed by atoms with Gasteiger partial charge in [-0.3, -0.25) is 9.69 Å². The molecule has 0 atom stereocenters. The second-order valence-corrected chi connectivity index (χ2v) is 9.30. The highest BCUT2D eigenvalue weighted by Crippen LogP contribution is 2.13. The molecule has 0 aliphatic carbocycles. The molecule has 1 amide bonds. The molecule has 146 valence electrons. The van der Waals surface area contributed by atoms with Gasteiger partial charge in [-0.1, -0.05) is 18.2 Å². The summed E-state index contributed by atoms with van der Waals surface area (Å²) in [7, 11) is -3.56. The second-order valence-electron chi connectivity index (χ2n) is 6.48. The molecule has 0 unspecified atom stereocenters. The number of carbonyl (C=O) groups is 1. The van der Waals surface area contributed by atoms with Crippen LogP contribution in [0.5, 0.6) is 0 Å². The fraction of sp³-hybridized carbons (Fsp3) is 0.444. The zero-order chi connectivity index (χ0) is 19.3. The molecule has 2 aromatic rings. The third-order valence-electron chi connectivity index (χ3n) is 4.46. The largest absolute Gasteiger partial charge is 0.340 e. The molecule has 1 fully saturated rings. The lowest BCUT2D eigenvalue weighted by molar-refractivity contribution is -0.132. The van der Waals surface area contributed by atoms with Gasteiger partial charge in [0.05, 0.1) is 15.6 Å². The summed E-state index contributed by atoms with van der Waals surface area (Å²) in [6.07, 6.45) is 0.164. The van der Waals surface area contributed by atoms with E-state index in [2.05, 4.69) is 20.0 Å². The van der Waals surface area contributed by atoms with Gasteiger partial charge in [-0.2, -0.15) is 0 Å². The zero-order valence-electron chi connectivity index (χ0n) is 15.3. The average molecular weight is 409 g/mol. The first-order valence-electron chi connectivity index (χ1n) is 8.90. The summed E-state index contributed by atoms with van der Waals surface area (Å²) in [5, 5.41) is 3.14. The van der Waals surface area contributed by atoms with E-state index < -0.39 is 10.0 Å². The van der Waals surface area contributed by atoms with Gasteiger partial charge in [0.1, 0.15) is 0 Å². The number of aryl methyl sites for hydroxylation is 1. The van der Waals surface area contributed by atoms with Crippen LogP contribution in [0.25, 0.3) is 0 Å². The fourth-order valence-electron chi connectivity index (χ4n) is 3.00. The molecule has 1 aromatic heterocycles. The average Bonchev–Trinajstić information content (AvgIpc) is 3.07. The van der Waals surface area contributed by atoms with Crippen molar-refractivity contribution in [3.8, 4) is 0 Å². The van der Waals surface area contributed by atoms with Gasteiger partial charge in [0.25, 0.3) is 0 Å². The van der Waals surface area contributed by atoms with E-state index in [0.29, 0.717) is 13.1 Å². The number of amides is 1. The van der Waals surface area contributed by atoms with Crippen LogP contribution >= 0.6 is 11.3 Å². The summed E-state index contributed by atoms with van der Waals surface area (Å²) in [5.74, 6) is -0.0186. The van der Waals surface area contributed by atoms with E-state index in [9.17, 15) is 13.2 Å². The Kier molecular flexibility index (Phi) is 6.59. The highest BCUT2D eigenvalue weighted by atomic mass is 32.2. The van der Waals surface area contributed by atoms with Crippen LogP contribution in [-0.2, 0) is 21.4 Å². The lowest BCUT2D eigenvalue weighted by Gasteiger charge is -2.34. The van der Waals surface area contributed by atoms with Crippen LogP contribution in [0, 0.1) is 6.92 Å². The molecule has 9 heteroatoms. The number of hydrogen-bond donors (Lipinski definition) is 1. The summed E-state index contributed by atoms with van der Waals surface area (Å²) in [4.78, 5) is 21.1. The minimum atomic E-state index is -3.56. The summed E-state index contributed by atoms with van der Waals surface area (Å²) in [5.41, 5.74) is 1.08. The molecule has 0 saturated carbocycles. The first-order chi connectivity index (χ1) is 12.9. The van der Waals surface area contributed by atoms with Gasteiger partial charge in [0, 0.05) is 51.1 Å². The molecule has 1 aliphatic rings. The Balaban J connectivity index is 1.41. The highest BCUT2D eigenvalue weighted by Gasteiger charge is 2.22. The van der Waals surface area contributed by atoms with Crippen LogP contribution in [0.1, 0.15) is 17.1 Å². The molecule has 27 heavy (non-hydrogen) atoms. The van der Waals surface area contributed by atoms with Gasteiger partial charge in [0.2, 0.25) is 15.9 Å². The van der Waals surface area contributed by atoms with Crippen molar-refractivity contribution < 1.29 is 13.2 Å². The minimum absolute atomic E-state index is 0.0186. The van der Waals surface area contributed by atoms with Crippen LogP contribution in [0.2, 0.25) is 0 Å². The van der Waals surface area contributed by atoms with Crippen molar-refractivity contribution in [2.24, 2.45) is 0 Å². The smallest absolute Gasteiger partial charge is 0.240 e. The van der Waals surface area contributed by atoms with Crippen molar-refractivity contribution in [3.05, 3.63) is 46.4 Å². The Morgan fingerprint density at radius 3 is 2.52 bits per heavy atom. The van der Waals surface area contributed by atoms with Crippen LogP contribution in [0.4, 0.5) is 0 Å². The van der Waals surface area contributed by atoms with Gasteiger partial charge in [-0.15, -0.1) is 11.3 Å². The van der Waals surface area contributed by atoms with E-state index in [1.54, 1.807) is 34.4 Å². The van der Waals surface area contributed by atoms with Crippen molar-refractivity contribution in [2.75, 3.05) is 32.7 Å². The van der Waals surface area contributed by atoms with E-state index in [1.807, 2.05) is 6.92 Å². The Morgan fingerprint density at radius 2 is 1.89 bits per heavy atom. The lowest BCUT2D eigenvalue weighted by atomic mass is 10.2. The number of piperazine rings is 1. The van der Waals surface area contributed by atoms with E-state index in [1.165, 1.54) is 12.1 Å². The van der Waals surface area contributed by atoms with E-state index in [0.717, 1.165) is 30.3 Å². The Morgan fingerprint density at radius 1 is 1.19 bits per heavy atom. The monoisotopic (exact) mass is 408 g/mol. The maximum atomic E-state index is 12.4. The molecule has 2 heterocycles. The summed E-state index contributed by atoms with van der Waals surface area (Å²) in [6, 6.07) is 8.18. The number of hydrogen-bond acceptors (Lipinski definition) is 6. The Hall–Kier alpha value is -1.81. The maximum absolute atomic E-state index is 12.4. The minimum Gasteiger partial charge on any atom is -0.340 e. The number of benzene rings is 1. The zero-order valence-corrected chi connectivity index (χ0v) is 16.9. The molecular formula is C18H24N4O3S2. The number of carbonyl (C=O) groups excluding carboxylic acids is 1.